The molecule has 0 saturated carbocycles. The minimum Gasteiger partial charge on any atom is -0.355 e. The molecule has 3 rings (SSSR count). The van der Waals surface area contributed by atoms with Gasteiger partial charge in [-0.25, -0.2) is 14.8 Å². The van der Waals surface area contributed by atoms with E-state index in [0.29, 0.717) is 24.8 Å². The van der Waals surface area contributed by atoms with E-state index in [1.807, 2.05) is 30.3 Å². The summed E-state index contributed by atoms with van der Waals surface area (Å²) in [6.45, 7) is 6.40. The topological polar surface area (TPSA) is 98.9 Å². The molecule has 8 nitrogen and oxygen atoms in total. The van der Waals surface area contributed by atoms with Crippen LogP contribution in [0, 0.1) is 5.92 Å². The van der Waals surface area contributed by atoms with Crippen molar-refractivity contribution in [2.75, 3.05) is 6.54 Å². The molecule has 0 atom stereocenters. The van der Waals surface area contributed by atoms with Gasteiger partial charge in [0.05, 0.1) is 0 Å². The number of amides is 1. The Balaban J connectivity index is 2.02. The predicted octanol–water partition coefficient (Wildman–Crippen LogP) is 1.80. The van der Waals surface area contributed by atoms with Gasteiger partial charge in [0.1, 0.15) is 11.9 Å². The summed E-state index contributed by atoms with van der Waals surface area (Å²) in [7, 11) is 0. The smallest absolute Gasteiger partial charge is 0.333 e. The zero-order chi connectivity index (χ0) is 21.0. The summed E-state index contributed by atoms with van der Waals surface area (Å²) in [4.78, 5) is 46.7. The Morgan fingerprint density at radius 1 is 1.14 bits per heavy atom. The molecule has 0 saturated heterocycles. The summed E-state index contributed by atoms with van der Waals surface area (Å²) >= 11 is 0. The first kappa shape index (κ1) is 20.4. The molecule has 0 unspecified atom stereocenters. The van der Waals surface area contributed by atoms with E-state index < -0.39 is 11.2 Å². The number of hydrogen-bond donors (Lipinski definition) is 1. The first-order valence-electron chi connectivity index (χ1n) is 9.74. The zero-order valence-corrected chi connectivity index (χ0v) is 16.9. The minimum absolute atomic E-state index is 0.209. The van der Waals surface area contributed by atoms with Gasteiger partial charge in [0, 0.05) is 24.8 Å². The van der Waals surface area contributed by atoms with Gasteiger partial charge in [-0.3, -0.25) is 18.7 Å². The zero-order valence-electron chi connectivity index (χ0n) is 16.9. The number of aromatic nitrogens is 4. The van der Waals surface area contributed by atoms with Crippen molar-refractivity contribution in [3.05, 3.63) is 57.4 Å². The lowest BCUT2D eigenvalue weighted by atomic mass is 10.1. The van der Waals surface area contributed by atoms with Crippen LogP contribution >= 0.6 is 0 Å². The van der Waals surface area contributed by atoms with Crippen LogP contribution in [0.15, 0.2) is 46.1 Å². The Hall–Kier alpha value is -3.29. The lowest BCUT2D eigenvalue weighted by molar-refractivity contribution is -0.121. The van der Waals surface area contributed by atoms with Gasteiger partial charge in [-0.1, -0.05) is 44.2 Å². The Morgan fingerprint density at radius 2 is 1.86 bits per heavy atom. The average molecular weight is 395 g/mol. The molecule has 29 heavy (non-hydrogen) atoms. The molecular formula is C21H25N5O3. The predicted molar refractivity (Wildman–Crippen MR) is 112 cm³/mol. The van der Waals surface area contributed by atoms with Crippen molar-refractivity contribution in [2.24, 2.45) is 5.92 Å². The number of hydrogen-bond acceptors (Lipinski definition) is 5. The van der Waals surface area contributed by atoms with Crippen LogP contribution in [0.25, 0.3) is 22.4 Å². The van der Waals surface area contributed by atoms with Crippen LogP contribution in [-0.2, 0) is 17.9 Å². The molecule has 2 heterocycles. The number of rotatable bonds is 7. The minimum atomic E-state index is -0.562. The summed E-state index contributed by atoms with van der Waals surface area (Å²) in [6.07, 6.45) is 2.25. The van der Waals surface area contributed by atoms with Gasteiger partial charge >= 0.3 is 5.69 Å². The third-order valence-corrected chi connectivity index (χ3v) is 4.66. The van der Waals surface area contributed by atoms with Gasteiger partial charge in [0.2, 0.25) is 5.91 Å². The first-order chi connectivity index (χ1) is 13.9. The standard InChI is InChI=1S/C21H25N5O3/c1-4-25-19-16(12-23-18(24-19)15-8-6-5-7-9-15)20(28)26(21(25)29)13-17(27)22-11-10-14(2)3/h5-9,12,14H,4,10-11,13H2,1-3H3,(H,22,27). The Labute approximate surface area is 168 Å². The summed E-state index contributed by atoms with van der Waals surface area (Å²) in [5, 5.41) is 2.96. The van der Waals surface area contributed by atoms with Crippen molar-refractivity contribution < 1.29 is 4.79 Å². The van der Waals surface area contributed by atoms with Gasteiger partial charge in [-0.15, -0.1) is 0 Å². The third-order valence-electron chi connectivity index (χ3n) is 4.66. The Kier molecular flexibility index (Phi) is 6.21. The lowest BCUT2D eigenvalue weighted by Gasteiger charge is -2.13. The van der Waals surface area contributed by atoms with Gasteiger partial charge in [0.25, 0.3) is 5.56 Å². The van der Waals surface area contributed by atoms with Crippen LogP contribution in [0.4, 0.5) is 0 Å². The second kappa shape index (κ2) is 8.81. The van der Waals surface area contributed by atoms with Gasteiger partial charge < -0.3 is 5.32 Å². The van der Waals surface area contributed by atoms with E-state index in [1.165, 1.54) is 10.8 Å². The number of fused-ring (bicyclic) bond motifs is 1. The molecule has 0 radical (unpaired) electrons. The van der Waals surface area contributed by atoms with Crippen molar-refractivity contribution in [2.45, 2.75) is 40.3 Å². The number of benzene rings is 1. The van der Waals surface area contributed by atoms with Crippen LogP contribution in [0.5, 0.6) is 0 Å². The second-order valence-electron chi connectivity index (χ2n) is 7.25. The van der Waals surface area contributed by atoms with Crippen LogP contribution in [-0.4, -0.2) is 31.6 Å². The van der Waals surface area contributed by atoms with Crippen LogP contribution in [0.3, 0.4) is 0 Å². The number of nitrogens with one attached hydrogen (secondary N) is 1. The highest BCUT2D eigenvalue weighted by Crippen LogP contribution is 2.15. The molecule has 2 aromatic heterocycles. The van der Waals surface area contributed by atoms with E-state index in [2.05, 4.69) is 29.1 Å². The number of aryl methyl sites for hydroxylation is 1. The molecule has 0 aliphatic carbocycles. The SMILES string of the molecule is CCn1c(=O)n(CC(=O)NCCC(C)C)c(=O)c2cnc(-c3ccccc3)nc21. The van der Waals surface area contributed by atoms with Crippen molar-refractivity contribution in [3.8, 4) is 11.4 Å². The molecule has 8 heteroatoms. The van der Waals surface area contributed by atoms with E-state index in [0.717, 1.165) is 16.6 Å². The van der Waals surface area contributed by atoms with Crippen LogP contribution < -0.4 is 16.6 Å². The molecule has 3 aromatic rings. The third kappa shape index (κ3) is 4.42. The fourth-order valence-electron chi connectivity index (χ4n) is 3.05. The highest BCUT2D eigenvalue weighted by Gasteiger charge is 2.17. The van der Waals surface area contributed by atoms with Crippen molar-refractivity contribution in [3.63, 3.8) is 0 Å². The molecular weight excluding hydrogens is 370 g/mol. The number of carbonyl (C=O) groups is 1. The van der Waals surface area contributed by atoms with E-state index in [1.54, 1.807) is 6.92 Å². The summed E-state index contributed by atoms with van der Waals surface area (Å²) in [6, 6.07) is 9.34. The first-order valence-corrected chi connectivity index (χ1v) is 9.74. The van der Waals surface area contributed by atoms with Gasteiger partial charge in [-0.05, 0) is 19.3 Å². The Bertz CT molecular complexity index is 1130. The maximum Gasteiger partial charge on any atom is 0.333 e. The Morgan fingerprint density at radius 3 is 2.52 bits per heavy atom. The maximum atomic E-state index is 12.9. The fourth-order valence-corrected chi connectivity index (χ4v) is 3.05. The molecule has 0 aliphatic rings. The van der Waals surface area contributed by atoms with E-state index >= 15 is 0 Å². The molecule has 152 valence electrons. The van der Waals surface area contributed by atoms with Crippen LogP contribution in [0.2, 0.25) is 0 Å². The molecule has 1 aromatic carbocycles. The summed E-state index contributed by atoms with van der Waals surface area (Å²) < 4.78 is 2.34. The van der Waals surface area contributed by atoms with Crippen molar-refractivity contribution in [1.29, 1.82) is 0 Å². The summed E-state index contributed by atoms with van der Waals surface area (Å²) in [5.41, 5.74) is -0.0546. The van der Waals surface area contributed by atoms with Gasteiger partial charge in [0.15, 0.2) is 11.5 Å². The average Bonchev–Trinajstić information content (AvgIpc) is 2.71. The quantitative estimate of drug-likeness (QED) is 0.658. The number of nitrogens with zero attached hydrogens (tertiary/aromatic N) is 4. The second-order valence-corrected chi connectivity index (χ2v) is 7.25. The number of carbonyl (C=O) groups excluding carboxylic acids is 1. The molecule has 1 amide bonds. The van der Waals surface area contributed by atoms with Crippen molar-refractivity contribution >= 4 is 16.9 Å². The molecule has 0 bridgehead atoms. The van der Waals surface area contributed by atoms with Crippen LogP contribution in [0.1, 0.15) is 27.2 Å². The molecule has 0 aliphatic heterocycles. The molecule has 0 fully saturated rings. The van der Waals surface area contributed by atoms with Gasteiger partial charge in [-0.2, -0.15) is 0 Å². The molecule has 0 spiro atoms. The maximum absolute atomic E-state index is 12.9. The molecule has 1 N–H and O–H groups in total. The lowest BCUT2D eigenvalue weighted by Crippen LogP contribution is -2.44. The van der Waals surface area contributed by atoms with E-state index in [9.17, 15) is 14.4 Å². The monoisotopic (exact) mass is 395 g/mol. The largest absolute Gasteiger partial charge is 0.355 e. The summed E-state index contributed by atoms with van der Waals surface area (Å²) in [5.74, 6) is 0.518. The van der Waals surface area contributed by atoms with E-state index in [4.69, 9.17) is 0 Å². The fraction of sp³-hybridized carbons (Fsp3) is 0.381. The van der Waals surface area contributed by atoms with E-state index in [-0.39, 0.29) is 23.5 Å². The highest BCUT2D eigenvalue weighted by atomic mass is 16.2. The normalized spacial score (nSPS) is 11.2. The highest BCUT2D eigenvalue weighted by molar-refractivity contribution is 5.78. The van der Waals surface area contributed by atoms with Crippen molar-refractivity contribution in [1.82, 2.24) is 24.4 Å².